The predicted octanol–water partition coefficient (Wildman–Crippen LogP) is 3.01. The Labute approximate surface area is 157 Å². The van der Waals surface area contributed by atoms with E-state index in [-0.39, 0.29) is 0 Å². The third-order valence-electron chi connectivity index (χ3n) is 3.48. The van der Waals surface area contributed by atoms with Gasteiger partial charge in [0.25, 0.3) is 0 Å². The third kappa shape index (κ3) is 6.93. The number of carbonyl (C=O) groups is 1. The first-order valence-corrected chi connectivity index (χ1v) is 9.56. The number of nitrogens with one attached hydrogen (secondary N) is 2. The van der Waals surface area contributed by atoms with E-state index in [2.05, 4.69) is 32.3 Å². The van der Waals surface area contributed by atoms with Gasteiger partial charge in [0.05, 0.1) is 19.8 Å². The molecule has 0 atom stereocenters. The fourth-order valence-corrected chi connectivity index (χ4v) is 2.91. The third-order valence-corrected chi connectivity index (χ3v) is 4.32. The Morgan fingerprint density at radius 3 is 2.96 bits per heavy atom. The normalized spacial score (nSPS) is 10.5. The van der Waals surface area contributed by atoms with Crippen molar-refractivity contribution in [3.63, 3.8) is 0 Å². The minimum Gasteiger partial charge on any atom is -0.450 e. The van der Waals surface area contributed by atoms with Gasteiger partial charge in [-0.25, -0.2) is 9.78 Å². The number of anilines is 2. The number of likely N-dealkylation sites (N-methyl/N-ethyl adjacent to an activating group) is 1. The molecule has 1 aromatic carbocycles. The van der Waals surface area contributed by atoms with Gasteiger partial charge in [0.2, 0.25) is 0 Å². The maximum Gasteiger partial charge on any atom is 0.411 e. The van der Waals surface area contributed by atoms with Crippen molar-refractivity contribution in [3.8, 4) is 0 Å². The number of amides is 1. The monoisotopic (exact) mass is 379 g/mol. The van der Waals surface area contributed by atoms with Crippen LogP contribution in [0, 0.1) is 0 Å². The van der Waals surface area contributed by atoms with E-state index < -0.39 is 6.09 Å². The number of aromatic amines is 1. The number of H-pyrrole nitrogens is 1. The van der Waals surface area contributed by atoms with Gasteiger partial charge in [-0.1, -0.05) is 17.8 Å². The van der Waals surface area contributed by atoms with Gasteiger partial charge in [-0.2, -0.15) is 5.10 Å². The van der Waals surface area contributed by atoms with Crippen molar-refractivity contribution in [2.45, 2.75) is 19.0 Å². The lowest BCUT2D eigenvalue weighted by atomic mass is 10.2. The minimum atomic E-state index is -0.444. The molecule has 0 saturated heterocycles. The van der Waals surface area contributed by atoms with E-state index in [0.717, 1.165) is 29.7 Å². The lowest BCUT2D eigenvalue weighted by Gasteiger charge is -2.23. The van der Waals surface area contributed by atoms with Crippen molar-refractivity contribution in [2.75, 3.05) is 48.9 Å². The standard InChI is InChI=1S/C17H25N5O3S/c1-3-22(8-9-24-10-11-26-16-18-13-19-21-16)15-7-5-6-14(12-15)20-17(23)25-4-2/h5-7,12-13H,3-4,8-11H2,1-2H3,(H,20,23)(H,18,19,21). The number of hydrogen-bond acceptors (Lipinski definition) is 7. The summed E-state index contributed by atoms with van der Waals surface area (Å²) in [5.41, 5.74) is 1.74. The molecule has 1 amide bonds. The van der Waals surface area contributed by atoms with Gasteiger partial charge < -0.3 is 14.4 Å². The first-order chi connectivity index (χ1) is 12.7. The van der Waals surface area contributed by atoms with Crippen LogP contribution in [-0.4, -0.2) is 59.9 Å². The van der Waals surface area contributed by atoms with Gasteiger partial charge in [0.1, 0.15) is 6.33 Å². The van der Waals surface area contributed by atoms with E-state index >= 15 is 0 Å². The van der Waals surface area contributed by atoms with Crippen LogP contribution >= 0.6 is 11.8 Å². The smallest absolute Gasteiger partial charge is 0.411 e. The fourth-order valence-electron chi connectivity index (χ4n) is 2.27. The van der Waals surface area contributed by atoms with Crippen LogP contribution in [0.2, 0.25) is 0 Å². The number of nitrogens with zero attached hydrogens (tertiary/aromatic N) is 3. The Hall–Kier alpha value is -2.26. The molecule has 26 heavy (non-hydrogen) atoms. The highest BCUT2D eigenvalue weighted by molar-refractivity contribution is 7.99. The second-order valence-corrected chi connectivity index (χ2v) is 6.31. The number of benzene rings is 1. The van der Waals surface area contributed by atoms with E-state index in [1.54, 1.807) is 18.7 Å². The number of carbonyl (C=O) groups excluding carboxylic acids is 1. The van der Waals surface area contributed by atoms with Crippen molar-refractivity contribution < 1.29 is 14.3 Å². The molecule has 9 heteroatoms. The topological polar surface area (TPSA) is 92.4 Å². The molecule has 8 nitrogen and oxygen atoms in total. The number of ether oxygens (including phenoxy) is 2. The van der Waals surface area contributed by atoms with Crippen LogP contribution in [0.3, 0.4) is 0 Å². The van der Waals surface area contributed by atoms with Crippen molar-refractivity contribution in [3.05, 3.63) is 30.6 Å². The molecule has 0 spiro atoms. The number of hydrogen-bond donors (Lipinski definition) is 2. The first kappa shape index (κ1) is 20.1. The number of aromatic nitrogens is 3. The molecule has 0 aliphatic rings. The molecule has 2 aromatic rings. The molecule has 0 fully saturated rings. The van der Waals surface area contributed by atoms with E-state index in [0.29, 0.717) is 25.5 Å². The molecule has 0 unspecified atom stereocenters. The maximum atomic E-state index is 11.5. The second-order valence-electron chi connectivity index (χ2n) is 5.23. The van der Waals surface area contributed by atoms with Crippen molar-refractivity contribution >= 4 is 29.2 Å². The second kappa shape index (κ2) is 11.4. The molecule has 0 radical (unpaired) electrons. The lowest BCUT2D eigenvalue weighted by Crippen LogP contribution is -2.27. The minimum absolute atomic E-state index is 0.346. The SMILES string of the molecule is CCOC(=O)Nc1cccc(N(CC)CCOCCSc2ncn[nH]2)c1. The summed E-state index contributed by atoms with van der Waals surface area (Å²) in [5.74, 6) is 0.820. The number of thioether (sulfide) groups is 1. The van der Waals surface area contributed by atoms with Crippen LogP contribution in [-0.2, 0) is 9.47 Å². The fraction of sp³-hybridized carbons (Fsp3) is 0.471. The highest BCUT2D eigenvalue weighted by atomic mass is 32.2. The largest absolute Gasteiger partial charge is 0.450 e. The van der Waals surface area contributed by atoms with Gasteiger partial charge in [-0.05, 0) is 32.0 Å². The maximum absolute atomic E-state index is 11.5. The summed E-state index contributed by atoms with van der Waals surface area (Å²) in [6, 6.07) is 7.69. The zero-order chi connectivity index (χ0) is 18.6. The summed E-state index contributed by atoms with van der Waals surface area (Å²) in [4.78, 5) is 17.8. The average molecular weight is 379 g/mol. The van der Waals surface area contributed by atoms with Crippen LogP contribution in [0.25, 0.3) is 0 Å². The molecule has 0 bridgehead atoms. The van der Waals surface area contributed by atoms with E-state index in [4.69, 9.17) is 9.47 Å². The molecule has 2 rings (SSSR count). The van der Waals surface area contributed by atoms with Gasteiger partial charge in [0.15, 0.2) is 5.16 Å². The summed E-state index contributed by atoms with van der Waals surface area (Å²) < 4.78 is 10.6. The van der Waals surface area contributed by atoms with Crippen molar-refractivity contribution in [2.24, 2.45) is 0 Å². The van der Waals surface area contributed by atoms with Crippen LogP contribution in [0.4, 0.5) is 16.2 Å². The molecule has 1 aromatic heterocycles. The molecule has 1 heterocycles. The molecule has 142 valence electrons. The van der Waals surface area contributed by atoms with Crippen LogP contribution in [0.1, 0.15) is 13.8 Å². The average Bonchev–Trinajstić information content (AvgIpc) is 3.15. The highest BCUT2D eigenvalue weighted by Crippen LogP contribution is 2.19. The van der Waals surface area contributed by atoms with Gasteiger partial charge in [0, 0.05) is 30.2 Å². The van der Waals surface area contributed by atoms with Crippen molar-refractivity contribution in [1.82, 2.24) is 15.2 Å². The van der Waals surface area contributed by atoms with Crippen LogP contribution in [0.15, 0.2) is 35.7 Å². The Morgan fingerprint density at radius 1 is 1.35 bits per heavy atom. The molecule has 0 saturated carbocycles. The summed E-state index contributed by atoms with van der Waals surface area (Å²) >= 11 is 1.58. The summed E-state index contributed by atoms with van der Waals surface area (Å²) in [6.07, 6.45) is 1.05. The molecular weight excluding hydrogens is 354 g/mol. The molecule has 0 aliphatic heterocycles. The Balaban J connectivity index is 1.74. The number of rotatable bonds is 11. The van der Waals surface area contributed by atoms with Crippen LogP contribution in [0.5, 0.6) is 0 Å². The van der Waals surface area contributed by atoms with Crippen LogP contribution < -0.4 is 10.2 Å². The van der Waals surface area contributed by atoms with Gasteiger partial charge in [-0.3, -0.25) is 10.4 Å². The quantitative estimate of drug-likeness (QED) is 0.458. The summed E-state index contributed by atoms with van der Waals surface area (Å²) in [6.45, 7) is 7.10. The predicted molar refractivity (Wildman–Crippen MR) is 103 cm³/mol. The van der Waals surface area contributed by atoms with E-state index in [1.807, 2.05) is 24.3 Å². The summed E-state index contributed by atoms with van der Waals surface area (Å²) in [7, 11) is 0. The zero-order valence-corrected chi connectivity index (χ0v) is 15.9. The van der Waals surface area contributed by atoms with Gasteiger partial charge >= 0.3 is 6.09 Å². The molecular formula is C17H25N5O3S. The van der Waals surface area contributed by atoms with E-state index in [1.165, 1.54) is 6.33 Å². The Morgan fingerprint density at radius 2 is 2.23 bits per heavy atom. The van der Waals surface area contributed by atoms with Gasteiger partial charge in [-0.15, -0.1) is 0 Å². The summed E-state index contributed by atoms with van der Waals surface area (Å²) in [5, 5.41) is 10.1. The van der Waals surface area contributed by atoms with E-state index in [9.17, 15) is 4.79 Å². The zero-order valence-electron chi connectivity index (χ0n) is 15.1. The molecule has 2 N–H and O–H groups in total. The lowest BCUT2D eigenvalue weighted by molar-refractivity contribution is 0.156. The van der Waals surface area contributed by atoms with Crippen molar-refractivity contribution in [1.29, 1.82) is 0 Å². The first-order valence-electron chi connectivity index (χ1n) is 8.57. The Bertz CT molecular complexity index is 654. The Kier molecular flexibility index (Phi) is 8.77. The highest BCUT2D eigenvalue weighted by Gasteiger charge is 2.07. The molecule has 0 aliphatic carbocycles.